The Morgan fingerprint density at radius 3 is 2.75 bits per heavy atom. The second kappa shape index (κ2) is 4.43. The molecule has 7 heteroatoms. The Labute approximate surface area is 114 Å². The van der Waals surface area contributed by atoms with Crippen molar-refractivity contribution in [2.75, 3.05) is 5.73 Å². The molecule has 2 aromatic rings. The fourth-order valence-corrected chi connectivity index (χ4v) is 2.15. The van der Waals surface area contributed by atoms with Crippen molar-refractivity contribution in [2.45, 2.75) is 24.9 Å². The number of rotatable bonds is 3. The SMILES string of the molecule is Cn1cnc(-c2ccc(N)cc2OC2CC(F)(F)C2)n1. The summed E-state index contributed by atoms with van der Waals surface area (Å²) in [6.45, 7) is 0. The zero-order valence-electron chi connectivity index (χ0n) is 10.9. The third-order valence-electron chi connectivity index (χ3n) is 3.19. The summed E-state index contributed by atoms with van der Waals surface area (Å²) in [5, 5.41) is 4.19. The molecule has 1 heterocycles. The first-order valence-electron chi connectivity index (χ1n) is 6.23. The van der Waals surface area contributed by atoms with E-state index in [4.69, 9.17) is 10.5 Å². The Balaban J connectivity index is 1.87. The van der Waals surface area contributed by atoms with Crippen molar-refractivity contribution >= 4 is 5.69 Å². The van der Waals surface area contributed by atoms with Crippen LogP contribution in [-0.4, -0.2) is 26.8 Å². The average Bonchev–Trinajstić information content (AvgIpc) is 2.73. The van der Waals surface area contributed by atoms with Crippen molar-refractivity contribution < 1.29 is 13.5 Å². The minimum Gasteiger partial charge on any atom is -0.489 e. The average molecular weight is 280 g/mol. The third kappa shape index (κ3) is 2.43. The lowest BCUT2D eigenvalue weighted by Crippen LogP contribution is -2.43. The number of aryl methyl sites for hydroxylation is 1. The van der Waals surface area contributed by atoms with Crippen LogP contribution >= 0.6 is 0 Å². The minimum atomic E-state index is -2.62. The number of nitrogen functional groups attached to an aromatic ring is 1. The summed E-state index contributed by atoms with van der Waals surface area (Å²) in [4.78, 5) is 4.14. The normalized spacial score (nSPS) is 17.8. The van der Waals surface area contributed by atoms with Crippen LogP contribution in [-0.2, 0) is 7.05 Å². The Hall–Kier alpha value is -2.18. The van der Waals surface area contributed by atoms with Gasteiger partial charge in [-0.1, -0.05) is 0 Å². The molecule has 3 rings (SSSR count). The van der Waals surface area contributed by atoms with Crippen molar-refractivity contribution in [3.05, 3.63) is 24.5 Å². The second-order valence-corrected chi connectivity index (χ2v) is 5.00. The smallest absolute Gasteiger partial charge is 0.255 e. The van der Waals surface area contributed by atoms with E-state index in [-0.39, 0.29) is 12.8 Å². The van der Waals surface area contributed by atoms with Gasteiger partial charge in [-0.3, -0.25) is 4.68 Å². The number of ether oxygens (including phenoxy) is 1. The minimum absolute atomic E-state index is 0.267. The summed E-state index contributed by atoms with van der Waals surface area (Å²) >= 11 is 0. The van der Waals surface area contributed by atoms with E-state index in [0.29, 0.717) is 22.8 Å². The van der Waals surface area contributed by atoms with Crippen molar-refractivity contribution in [3.63, 3.8) is 0 Å². The zero-order valence-corrected chi connectivity index (χ0v) is 10.9. The summed E-state index contributed by atoms with van der Waals surface area (Å²) in [5.41, 5.74) is 6.88. The molecule has 0 unspecified atom stereocenters. The van der Waals surface area contributed by atoms with Crippen LogP contribution in [0.2, 0.25) is 0 Å². The number of halogens is 2. The molecule has 2 N–H and O–H groups in total. The lowest BCUT2D eigenvalue weighted by Gasteiger charge is -2.35. The van der Waals surface area contributed by atoms with E-state index in [1.165, 1.54) is 0 Å². The summed E-state index contributed by atoms with van der Waals surface area (Å²) in [6.07, 6.45) is 0.537. The fourth-order valence-electron chi connectivity index (χ4n) is 2.15. The predicted octanol–water partition coefficient (Wildman–Crippen LogP) is 2.24. The molecule has 0 amide bonds. The predicted molar refractivity (Wildman–Crippen MR) is 69.4 cm³/mol. The van der Waals surface area contributed by atoms with Gasteiger partial charge < -0.3 is 10.5 Å². The van der Waals surface area contributed by atoms with Gasteiger partial charge in [-0.2, -0.15) is 5.10 Å². The summed E-state index contributed by atoms with van der Waals surface area (Å²) in [6, 6.07) is 5.05. The molecule has 0 atom stereocenters. The first-order valence-corrected chi connectivity index (χ1v) is 6.23. The molecule has 20 heavy (non-hydrogen) atoms. The Bertz CT molecular complexity index is 633. The van der Waals surface area contributed by atoms with Gasteiger partial charge in [0, 0.05) is 31.6 Å². The molecule has 0 spiro atoms. The van der Waals surface area contributed by atoms with Crippen LogP contribution < -0.4 is 10.5 Å². The van der Waals surface area contributed by atoms with E-state index in [2.05, 4.69) is 10.1 Å². The fraction of sp³-hybridized carbons (Fsp3) is 0.385. The zero-order chi connectivity index (χ0) is 14.3. The monoisotopic (exact) mass is 280 g/mol. The van der Waals surface area contributed by atoms with Gasteiger partial charge in [0.25, 0.3) is 5.92 Å². The quantitative estimate of drug-likeness (QED) is 0.876. The molecular weight excluding hydrogens is 266 g/mol. The van der Waals surface area contributed by atoms with Crippen molar-refractivity contribution in [2.24, 2.45) is 7.05 Å². The van der Waals surface area contributed by atoms with E-state index in [1.807, 2.05) is 0 Å². The van der Waals surface area contributed by atoms with Crippen LogP contribution in [0.25, 0.3) is 11.4 Å². The molecule has 5 nitrogen and oxygen atoms in total. The lowest BCUT2D eigenvalue weighted by molar-refractivity contribution is -0.134. The Morgan fingerprint density at radius 2 is 2.15 bits per heavy atom. The third-order valence-corrected chi connectivity index (χ3v) is 3.19. The van der Waals surface area contributed by atoms with Gasteiger partial charge in [-0.05, 0) is 12.1 Å². The molecule has 0 aliphatic heterocycles. The highest BCUT2D eigenvalue weighted by Crippen LogP contribution is 2.41. The van der Waals surface area contributed by atoms with Crippen LogP contribution in [0.1, 0.15) is 12.8 Å². The van der Waals surface area contributed by atoms with Crippen molar-refractivity contribution in [1.29, 1.82) is 0 Å². The Morgan fingerprint density at radius 1 is 1.40 bits per heavy atom. The highest BCUT2D eigenvalue weighted by atomic mass is 19.3. The Kier molecular flexibility index (Phi) is 2.84. The van der Waals surface area contributed by atoms with E-state index < -0.39 is 12.0 Å². The lowest BCUT2D eigenvalue weighted by atomic mass is 9.91. The maximum atomic E-state index is 12.9. The molecule has 0 saturated heterocycles. The molecule has 106 valence electrons. The first kappa shape index (κ1) is 12.8. The largest absolute Gasteiger partial charge is 0.489 e. The van der Waals surface area contributed by atoms with Crippen LogP contribution in [0.3, 0.4) is 0 Å². The van der Waals surface area contributed by atoms with E-state index in [1.54, 1.807) is 36.3 Å². The van der Waals surface area contributed by atoms with E-state index in [0.717, 1.165) is 0 Å². The number of nitrogens with two attached hydrogens (primary N) is 1. The number of hydrogen-bond acceptors (Lipinski definition) is 4. The van der Waals surface area contributed by atoms with Gasteiger partial charge in [0.05, 0.1) is 5.56 Å². The number of alkyl halides is 2. The van der Waals surface area contributed by atoms with Gasteiger partial charge in [0.2, 0.25) is 0 Å². The van der Waals surface area contributed by atoms with Gasteiger partial charge >= 0.3 is 0 Å². The van der Waals surface area contributed by atoms with Crippen LogP contribution in [0, 0.1) is 0 Å². The second-order valence-electron chi connectivity index (χ2n) is 5.00. The van der Waals surface area contributed by atoms with Gasteiger partial charge in [-0.15, -0.1) is 0 Å². The molecule has 1 aliphatic rings. The molecule has 1 fully saturated rings. The van der Waals surface area contributed by atoms with Gasteiger partial charge in [-0.25, -0.2) is 13.8 Å². The maximum Gasteiger partial charge on any atom is 0.255 e. The maximum absolute atomic E-state index is 12.9. The first-order chi connectivity index (χ1) is 9.43. The molecule has 1 aromatic heterocycles. The van der Waals surface area contributed by atoms with E-state index in [9.17, 15) is 8.78 Å². The number of hydrogen-bond donors (Lipinski definition) is 1. The van der Waals surface area contributed by atoms with Gasteiger partial charge in [0.15, 0.2) is 5.82 Å². The molecule has 1 saturated carbocycles. The number of aromatic nitrogens is 3. The van der Waals surface area contributed by atoms with Crippen molar-refractivity contribution in [3.8, 4) is 17.1 Å². The van der Waals surface area contributed by atoms with Crippen LogP contribution in [0.5, 0.6) is 5.75 Å². The topological polar surface area (TPSA) is 66.0 Å². The van der Waals surface area contributed by atoms with Crippen LogP contribution in [0.4, 0.5) is 14.5 Å². The summed E-state index contributed by atoms with van der Waals surface area (Å²) in [5.74, 6) is -1.70. The highest BCUT2D eigenvalue weighted by molar-refractivity contribution is 5.67. The number of nitrogens with zero attached hydrogens (tertiary/aromatic N) is 3. The summed E-state index contributed by atoms with van der Waals surface area (Å²) in [7, 11) is 1.75. The molecular formula is C13H14F2N4O. The van der Waals surface area contributed by atoms with Crippen molar-refractivity contribution in [1.82, 2.24) is 14.8 Å². The highest BCUT2D eigenvalue weighted by Gasteiger charge is 2.47. The molecule has 0 bridgehead atoms. The molecule has 0 radical (unpaired) electrons. The number of anilines is 1. The molecule has 1 aliphatic carbocycles. The van der Waals surface area contributed by atoms with Crippen LogP contribution in [0.15, 0.2) is 24.5 Å². The molecule has 1 aromatic carbocycles. The standard InChI is InChI=1S/C13H14F2N4O/c1-19-7-17-12(18-19)10-3-2-8(16)4-11(10)20-9-5-13(14,15)6-9/h2-4,7,9H,5-6,16H2,1H3. The van der Waals surface area contributed by atoms with E-state index >= 15 is 0 Å². The number of benzene rings is 1. The van der Waals surface area contributed by atoms with Gasteiger partial charge in [0.1, 0.15) is 18.2 Å². The summed E-state index contributed by atoms with van der Waals surface area (Å²) < 4.78 is 32.9.